The molecule has 1 saturated carbocycles. The predicted molar refractivity (Wildman–Crippen MR) is 188 cm³/mol. The van der Waals surface area contributed by atoms with E-state index >= 15 is 0 Å². The van der Waals surface area contributed by atoms with E-state index in [2.05, 4.69) is 20.9 Å². The number of fused-ring (bicyclic) bond motifs is 1. The number of anilines is 1. The number of ether oxygens (including phenoxy) is 2. The zero-order valence-electron chi connectivity index (χ0n) is 29.0. The van der Waals surface area contributed by atoms with Gasteiger partial charge in [0.05, 0.1) is 24.9 Å². The summed E-state index contributed by atoms with van der Waals surface area (Å²) in [7, 11) is 1.36. The molecule has 2 aliphatic rings. The quantitative estimate of drug-likeness (QED) is 0.198. The van der Waals surface area contributed by atoms with Crippen LogP contribution in [0.15, 0.2) is 70.9 Å². The molecule has 258 valence electrons. The summed E-state index contributed by atoms with van der Waals surface area (Å²) in [6.45, 7) is 8.50. The second-order valence-electron chi connectivity index (χ2n) is 14.1. The van der Waals surface area contributed by atoms with Gasteiger partial charge in [0.25, 0.3) is 0 Å². The van der Waals surface area contributed by atoms with E-state index in [1.54, 1.807) is 6.07 Å². The minimum absolute atomic E-state index is 0.0967. The average molecular weight is 667 g/mol. The molecule has 1 aliphatic carbocycles. The number of rotatable bonds is 11. The molecule has 0 radical (unpaired) electrons. The first-order chi connectivity index (χ1) is 23.4. The van der Waals surface area contributed by atoms with Gasteiger partial charge in [-0.25, -0.2) is 9.59 Å². The average Bonchev–Trinajstić information content (AvgIpc) is 3.54. The molecule has 3 aromatic carbocycles. The molecule has 3 aromatic rings. The molecular weight excluding hydrogens is 620 g/mol. The summed E-state index contributed by atoms with van der Waals surface area (Å²) in [5.41, 5.74) is 6.20. The van der Waals surface area contributed by atoms with Crippen LogP contribution in [0.4, 0.5) is 16.2 Å². The highest BCUT2D eigenvalue weighted by molar-refractivity contribution is 5.96. The van der Waals surface area contributed by atoms with Crippen LogP contribution < -0.4 is 10.6 Å². The summed E-state index contributed by atoms with van der Waals surface area (Å²) in [5, 5.41) is 14.1. The Morgan fingerprint density at radius 2 is 1.67 bits per heavy atom. The molecule has 1 fully saturated rings. The van der Waals surface area contributed by atoms with Crippen molar-refractivity contribution < 1.29 is 28.7 Å². The van der Waals surface area contributed by atoms with E-state index in [1.807, 2.05) is 82.3 Å². The van der Waals surface area contributed by atoms with Crippen LogP contribution in [0.5, 0.6) is 0 Å². The second kappa shape index (κ2) is 15.6. The minimum atomic E-state index is -0.569. The molecule has 10 nitrogen and oxygen atoms in total. The van der Waals surface area contributed by atoms with Gasteiger partial charge in [-0.1, -0.05) is 36.4 Å². The highest BCUT2D eigenvalue weighted by Crippen LogP contribution is 2.33. The standard InChI is InChI=1S/C39H46N4O6/c1-24-18-29(37(46)48-5)15-17-33(24)27-10-6-25(7-11-27)19-31(36(45)42-32-16-14-30-23-41-43-34(30)21-32)20-35(44)28-12-8-26(9-13-28)22-40-38(47)49-39(2,3)4/h6-7,10-11,14-18,21,26,28,31H,8-9,12-13,19-20,22-23H2,1-5H3,(H,40,47)(H,42,45)/t26?,28?,31-/m1/s1. The van der Waals surface area contributed by atoms with Crippen molar-refractivity contribution in [1.82, 2.24) is 5.32 Å². The van der Waals surface area contributed by atoms with E-state index in [4.69, 9.17) is 9.47 Å². The van der Waals surface area contributed by atoms with Gasteiger partial charge in [-0.15, -0.1) is 0 Å². The number of amides is 2. The number of ketones is 1. The number of hydrogen-bond donors (Lipinski definition) is 2. The molecule has 0 unspecified atom stereocenters. The number of methoxy groups -OCH3 is 1. The lowest BCUT2D eigenvalue weighted by atomic mass is 9.77. The summed E-state index contributed by atoms with van der Waals surface area (Å²) < 4.78 is 10.2. The smallest absolute Gasteiger partial charge is 0.407 e. The van der Waals surface area contributed by atoms with Crippen molar-refractivity contribution in [3.8, 4) is 11.1 Å². The van der Waals surface area contributed by atoms with Crippen LogP contribution in [0.1, 0.15) is 79.9 Å². The summed E-state index contributed by atoms with van der Waals surface area (Å²) in [4.78, 5) is 51.5. The van der Waals surface area contributed by atoms with Crippen molar-refractivity contribution in [3.05, 3.63) is 82.9 Å². The van der Waals surface area contributed by atoms with Gasteiger partial charge < -0.3 is 20.1 Å². The number of hydrogen-bond acceptors (Lipinski definition) is 8. The van der Waals surface area contributed by atoms with Crippen molar-refractivity contribution in [3.63, 3.8) is 0 Å². The number of alkyl carbamates (subject to hydrolysis) is 1. The zero-order valence-corrected chi connectivity index (χ0v) is 29.0. The van der Waals surface area contributed by atoms with Gasteiger partial charge in [0.1, 0.15) is 11.4 Å². The molecule has 2 N–H and O–H groups in total. The second-order valence-corrected chi connectivity index (χ2v) is 14.1. The number of aryl methyl sites for hydroxylation is 1. The Balaban J connectivity index is 1.25. The monoisotopic (exact) mass is 666 g/mol. The van der Waals surface area contributed by atoms with E-state index in [9.17, 15) is 19.2 Å². The SMILES string of the molecule is COC(=O)c1ccc(-c2ccc(C[C@H](CC(=O)C3CCC(CNC(=O)OC(C)(C)C)CC3)C(=O)Nc3ccc4c(c3)N=NC4)cc2)c(C)c1. The first kappa shape index (κ1) is 35.4. The third-order valence-corrected chi connectivity index (χ3v) is 9.22. The van der Waals surface area contributed by atoms with Crippen LogP contribution in [0.3, 0.4) is 0 Å². The molecule has 2 amide bonds. The largest absolute Gasteiger partial charge is 0.465 e. The molecule has 5 rings (SSSR count). The summed E-state index contributed by atoms with van der Waals surface area (Å²) in [5.74, 6) is -0.897. The molecule has 1 atom stereocenters. The lowest BCUT2D eigenvalue weighted by molar-refractivity contribution is -0.129. The predicted octanol–water partition coefficient (Wildman–Crippen LogP) is 8.13. The van der Waals surface area contributed by atoms with Crippen molar-refractivity contribution in [2.45, 2.75) is 78.4 Å². The normalized spacial score (nSPS) is 17.5. The minimum Gasteiger partial charge on any atom is -0.465 e. The molecule has 0 aromatic heterocycles. The maximum absolute atomic E-state index is 13.8. The van der Waals surface area contributed by atoms with Crippen LogP contribution in [0.25, 0.3) is 11.1 Å². The van der Waals surface area contributed by atoms with Gasteiger partial charge >= 0.3 is 12.1 Å². The Morgan fingerprint density at radius 3 is 2.35 bits per heavy atom. The lowest BCUT2D eigenvalue weighted by Crippen LogP contribution is -2.37. The van der Waals surface area contributed by atoms with E-state index in [1.165, 1.54) is 7.11 Å². The Labute approximate surface area is 288 Å². The molecule has 0 saturated heterocycles. The van der Waals surface area contributed by atoms with Crippen LogP contribution in [0.2, 0.25) is 0 Å². The fraction of sp³-hybridized carbons (Fsp3) is 0.436. The van der Waals surface area contributed by atoms with Gasteiger partial charge in [0, 0.05) is 36.1 Å². The fourth-order valence-corrected chi connectivity index (χ4v) is 6.54. The molecule has 1 aliphatic heterocycles. The van der Waals surface area contributed by atoms with Crippen molar-refractivity contribution in [2.24, 2.45) is 28.0 Å². The lowest BCUT2D eigenvalue weighted by Gasteiger charge is -2.29. The topological polar surface area (TPSA) is 136 Å². The number of nitrogens with one attached hydrogen (secondary N) is 2. The first-order valence-corrected chi connectivity index (χ1v) is 17.0. The number of azo groups is 1. The maximum Gasteiger partial charge on any atom is 0.407 e. The number of esters is 1. The van der Waals surface area contributed by atoms with Gasteiger partial charge in [0.2, 0.25) is 5.91 Å². The number of carbonyl (C=O) groups is 4. The molecule has 1 heterocycles. The molecule has 10 heteroatoms. The molecule has 49 heavy (non-hydrogen) atoms. The van der Waals surface area contributed by atoms with E-state index < -0.39 is 17.6 Å². The fourth-order valence-electron chi connectivity index (χ4n) is 6.54. The van der Waals surface area contributed by atoms with Gasteiger partial charge in [-0.05, 0) is 112 Å². The van der Waals surface area contributed by atoms with Crippen LogP contribution in [-0.2, 0) is 32.0 Å². The molecular formula is C39H46N4O6. The number of Topliss-reactive ketones (excluding diaryl/α,β-unsaturated/α-hetero) is 1. The van der Waals surface area contributed by atoms with E-state index in [0.29, 0.717) is 30.8 Å². The zero-order chi connectivity index (χ0) is 35.1. The van der Waals surface area contributed by atoms with Crippen LogP contribution in [0, 0.1) is 24.7 Å². The number of benzene rings is 3. The Bertz CT molecular complexity index is 1720. The van der Waals surface area contributed by atoms with Crippen molar-refractivity contribution in [2.75, 3.05) is 19.0 Å². The van der Waals surface area contributed by atoms with E-state index in [0.717, 1.165) is 59.2 Å². The highest BCUT2D eigenvalue weighted by Gasteiger charge is 2.31. The first-order valence-electron chi connectivity index (χ1n) is 17.0. The van der Waals surface area contributed by atoms with Gasteiger partial charge in [-0.3, -0.25) is 9.59 Å². The highest BCUT2D eigenvalue weighted by atomic mass is 16.6. The van der Waals surface area contributed by atoms with Crippen LogP contribution >= 0.6 is 0 Å². The van der Waals surface area contributed by atoms with Gasteiger partial charge in [-0.2, -0.15) is 10.2 Å². The third kappa shape index (κ3) is 9.62. The van der Waals surface area contributed by atoms with Crippen molar-refractivity contribution in [1.29, 1.82) is 0 Å². The Hall–Kier alpha value is -4.86. The van der Waals surface area contributed by atoms with E-state index in [-0.39, 0.29) is 35.9 Å². The summed E-state index contributed by atoms with van der Waals surface area (Å²) in [6.07, 6.45) is 3.22. The Kier molecular flexibility index (Phi) is 11.3. The maximum atomic E-state index is 13.8. The van der Waals surface area contributed by atoms with Gasteiger partial charge in [0.15, 0.2) is 0 Å². The van der Waals surface area contributed by atoms with Crippen molar-refractivity contribution >= 4 is 35.1 Å². The number of nitrogens with zero attached hydrogens (tertiary/aromatic N) is 2. The summed E-state index contributed by atoms with van der Waals surface area (Å²) >= 11 is 0. The number of carbonyl (C=O) groups excluding carboxylic acids is 4. The third-order valence-electron chi connectivity index (χ3n) is 9.22. The summed E-state index contributed by atoms with van der Waals surface area (Å²) in [6, 6.07) is 19.0. The molecule has 0 spiro atoms. The Morgan fingerprint density at radius 1 is 0.939 bits per heavy atom. The molecule has 0 bridgehead atoms. The van der Waals surface area contributed by atoms with Crippen LogP contribution in [-0.4, -0.2) is 43.0 Å².